The molecule has 1 aromatic carbocycles. The molecule has 3 rings (SSSR count). The number of carbonyl (C=O) groups is 1. The van der Waals surface area contributed by atoms with E-state index in [0.29, 0.717) is 11.1 Å². The van der Waals surface area contributed by atoms with Crippen LogP contribution in [0.5, 0.6) is 0 Å². The molecule has 0 aliphatic carbocycles. The van der Waals surface area contributed by atoms with Crippen molar-refractivity contribution in [2.24, 2.45) is 0 Å². The van der Waals surface area contributed by atoms with Gasteiger partial charge in [-0.2, -0.15) is 5.26 Å². The van der Waals surface area contributed by atoms with Gasteiger partial charge >= 0.3 is 5.97 Å². The Balaban J connectivity index is 2.25. The van der Waals surface area contributed by atoms with E-state index in [1.807, 2.05) is 6.07 Å². The van der Waals surface area contributed by atoms with Gasteiger partial charge in [0.2, 0.25) is 0 Å². The molecule has 0 unspecified atom stereocenters. The molecule has 7 heteroatoms. The molecule has 0 aliphatic heterocycles. The molecule has 120 valence electrons. The van der Waals surface area contributed by atoms with Crippen molar-refractivity contribution in [2.45, 2.75) is 6.92 Å². The average Bonchev–Trinajstić information content (AvgIpc) is 2.95. The molecule has 6 nitrogen and oxygen atoms in total. The summed E-state index contributed by atoms with van der Waals surface area (Å²) < 4.78 is 19.1. The predicted molar refractivity (Wildman–Crippen MR) is 84.1 cm³/mol. The number of nitriles is 1. The SMILES string of the molecule is CCOC(=O)c1c[nH]c2c(C#N)c(-c3ccc(F)cc3)cn2c1=O. The van der Waals surface area contributed by atoms with E-state index >= 15 is 0 Å². The Morgan fingerprint density at radius 2 is 2.08 bits per heavy atom. The molecule has 0 atom stereocenters. The second-order valence-electron chi connectivity index (χ2n) is 4.98. The summed E-state index contributed by atoms with van der Waals surface area (Å²) in [5.41, 5.74) is 0.791. The highest BCUT2D eigenvalue weighted by molar-refractivity contribution is 5.89. The van der Waals surface area contributed by atoms with Crippen LogP contribution in [0.3, 0.4) is 0 Å². The minimum Gasteiger partial charge on any atom is -0.462 e. The van der Waals surface area contributed by atoms with Gasteiger partial charge in [0, 0.05) is 18.0 Å². The van der Waals surface area contributed by atoms with Crippen LogP contribution in [0.25, 0.3) is 16.8 Å². The zero-order chi connectivity index (χ0) is 17.3. The Morgan fingerprint density at radius 3 is 2.71 bits per heavy atom. The van der Waals surface area contributed by atoms with E-state index in [9.17, 15) is 19.2 Å². The van der Waals surface area contributed by atoms with Crippen molar-refractivity contribution in [1.82, 2.24) is 9.38 Å². The summed E-state index contributed by atoms with van der Waals surface area (Å²) in [5, 5.41) is 9.42. The number of rotatable bonds is 3. The first-order valence-electron chi connectivity index (χ1n) is 7.16. The minimum absolute atomic E-state index is 0.145. The van der Waals surface area contributed by atoms with Crippen LogP contribution in [0.1, 0.15) is 22.8 Å². The Morgan fingerprint density at radius 1 is 1.38 bits per heavy atom. The van der Waals surface area contributed by atoms with Crippen molar-refractivity contribution in [2.75, 3.05) is 6.61 Å². The van der Waals surface area contributed by atoms with Gasteiger partial charge in [0.25, 0.3) is 5.56 Å². The second kappa shape index (κ2) is 6.01. The van der Waals surface area contributed by atoms with Gasteiger partial charge in [0.05, 0.1) is 6.61 Å². The van der Waals surface area contributed by atoms with Gasteiger partial charge in [0.1, 0.15) is 28.7 Å². The van der Waals surface area contributed by atoms with E-state index in [4.69, 9.17) is 4.74 Å². The van der Waals surface area contributed by atoms with Gasteiger partial charge in [-0.25, -0.2) is 9.18 Å². The first kappa shape index (κ1) is 15.5. The smallest absolute Gasteiger partial charge is 0.345 e. The molecule has 0 bridgehead atoms. The lowest BCUT2D eigenvalue weighted by molar-refractivity contribution is 0.0523. The summed E-state index contributed by atoms with van der Waals surface area (Å²) in [4.78, 5) is 27.1. The fourth-order valence-electron chi connectivity index (χ4n) is 2.46. The van der Waals surface area contributed by atoms with Crippen LogP contribution in [-0.4, -0.2) is 22.0 Å². The van der Waals surface area contributed by atoms with Crippen LogP contribution in [-0.2, 0) is 4.74 Å². The van der Waals surface area contributed by atoms with Crippen molar-refractivity contribution in [3.05, 3.63) is 64.0 Å². The maximum absolute atomic E-state index is 13.1. The van der Waals surface area contributed by atoms with Crippen LogP contribution in [0.2, 0.25) is 0 Å². The number of halogens is 1. The number of aromatic nitrogens is 2. The van der Waals surface area contributed by atoms with Gasteiger partial charge in [-0.15, -0.1) is 0 Å². The van der Waals surface area contributed by atoms with Crippen molar-refractivity contribution in [1.29, 1.82) is 5.26 Å². The molecule has 2 heterocycles. The Kier molecular flexibility index (Phi) is 3.88. The lowest BCUT2D eigenvalue weighted by atomic mass is 10.1. The number of ether oxygens (including phenoxy) is 1. The summed E-state index contributed by atoms with van der Waals surface area (Å²) in [6.07, 6.45) is 2.67. The van der Waals surface area contributed by atoms with E-state index in [-0.39, 0.29) is 23.4 Å². The van der Waals surface area contributed by atoms with Gasteiger partial charge in [-0.05, 0) is 24.6 Å². The molecule has 0 radical (unpaired) electrons. The second-order valence-corrected chi connectivity index (χ2v) is 4.98. The molecule has 3 aromatic rings. The fourth-order valence-corrected chi connectivity index (χ4v) is 2.46. The van der Waals surface area contributed by atoms with E-state index in [1.54, 1.807) is 6.92 Å². The molecule has 0 aliphatic rings. The Hall–Kier alpha value is -3.40. The predicted octanol–water partition coefficient (Wildman–Crippen LogP) is 2.48. The number of carbonyl (C=O) groups excluding carboxylic acids is 1. The van der Waals surface area contributed by atoms with E-state index in [1.165, 1.54) is 41.1 Å². The molecule has 0 amide bonds. The quantitative estimate of drug-likeness (QED) is 0.749. The average molecular weight is 325 g/mol. The number of fused-ring (bicyclic) bond motifs is 1. The van der Waals surface area contributed by atoms with E-state index in [0.717, 1.165) is 0 Å². The van der Waals surface area contributed by atoms with E-state index in [2.05, 4.69) is 4.98 Å². The number of hydrogen-bond donors (Lipinski definition) is 1. The van der Waals surface area contributed by atoms with Crippen molar-refractivity contribution < 1.29 is 13.9 Å². The summed E-state index contributed by atoms with van der Waals surface area (Å²) in [7, 11) is 0. The topological polar surface area (TPSA) is 87.4 Å². The Labute approximate surface area is 135 Å². The normalized spacial score (nSPS) is 10.5. The number of hydrogen-bond acceptors (Lipinski definition) is 4. The third-order valence-electron chi connectivity index (χ3n) is 3.57. The highest BCUT2D eigenvalue weighted by Crippen LogP contribution is 2.27. The van der Waals surface area contributed by atoms with E-state index < -0.39 is 17.3 Å². The van der Waals surface area contributed by atoms with Gasteiger partial charge in [-0.3, -0.25) is 9.20 Å². The number of nitrogens with one attached hydrogen (secondary N) is 1. The lowest BCUT2D eigenvalue weighted by Gasteiger charge is -2.02. The Bertz CT molecular complexity index is 1030. The monoisotopic (exact) mass is 325 g/mol. The molecule has 0 saturated carbocycles. The van der Waals surface area contributed by atoms with Crippen LogP contribution in [0.15, 0.2) is 41.5 Å². The largest absolute Gasteiger partial charge is 0.462 e. The van der Waals surface area contributed by atoms with Crippen LogP contribution in [0, 0.1) is 17.1 Å². The maximum atomic E-state index is 13.1. The summed E-state index contributed by atoms with van der Waals surface area (Å²) >= 11 is 0. The first-order valence-corrected chi connectivity index (χ1v) is 7.16. The molecule has 1 N–H and O–H groups in total. The first-order chi connectivity index (χ1) is 11.6. The fraction of sp³-hybridized carbons (Fsp3) is 0.118. The summed E-state index contributed by atoms with van der Waals surface area (Å²) in [6, 6.07) is 7.60. The molecular weight excluding hydrogens is 313 g/mol. The van der Waals surface area contributed by atoms with Crippen molar-refractivity contribution in [3.8, 4) is 17.2 Å². The third kappa shape index (κ3) is 2.44. The van der Waals surface area contributed by atoms with Gasteiger partial charge in [0.15, 0.2) is 0 Å². The highest BCUT2D eigenvalue weighted by Gasteiger charge is 2.19. The van der Waals surface area contributed by atoms with Gasteiger partial charge < -0.3 is 9.72 Å². The van der Waals surface area contributed by atoms with Crippen LogP contribution >= 0.6 is 0 Å². The maximum Gasteiger partial charge on any atom is 0.345 e. The zero-order valence-corrected chi connectivity index (χ0v) is 12.7. The van der Waals surface area contributed by atoms with Crippen molar-refractivity contribution >= 4 is 11.6 Å². The van der Waals surface area contributed by atoms with Gasteiger partial charge in [-0.1, -0.05) is 12.1 Å². The number of benzene rings is 1. The van der Waals surface area contributed by atoms with Crippen LogP contribution in [0.4, 0.5) is 4.39 Å². The zero-order valence-electron chi connectivity index (χ0n) is 12.7. The molecule has 2 aromatic heterocycles. The number of H-pyrrole nitrogens is 1. The summed E-state index contributed by atoms with van der Waals surface area (Å²) in [5.74, 6) is -1.14. The molecule has 0 spiro atoms. The standard InChI is InChI=1S/C17H12FN3O3/c1-2-24-17(23)13-8-20-15-12(7-19)14(9-21(15)16(13)22)10-3-5-11(18)6-4-10/h3-6,8-9,20H,2H2,1H3. The lowest BCUT2D eigenvalue weighted by Crippen LogP contribution is -2.23. The number of esters is 1. The molecule has 0 saturated heterocycles. The minimum atomic E-state index is -0.740. The number of aromatic amines is 1. The molecular formula is C17H12FN3O3. The van der Waals surface area contributed by atoms with Crippen LogP contribution < -0.4 is 5.56 Å². The third-order valence-corrected chi connectivity index (χ3v) is 3.57. The van der Waals surface area contributed by atoms with Crippen molar-refractivity contribution in [3.63, 3.8) is 0 Å². The molecule has 0 fully saturated rings. The number of nitrogens with zero attached hydrogens (tertiary/aromatic N) is 2. The molecule has 24 heavy (non-hydrogen) atoms. The summed E-state index contributed by atoms with van der Waals surface area (Å²) in [6.45, 7) is 1.78. The highest BCUT2D eigenvalue weighted by atomic mass is 19.1.